The minimum Gasteiger partial charge on any atom is -0.398 e. The molecule has 1 atom stereocenters. The number of nitrogen functional groups attached to an aromatic ring is 1. The fraction of sp³-hybridized carbons (Fsp3) is 0.143. The second-order valence-electron chi connectivity index (χ2n) is 4.55. The van der Waals surface area contributed by atoms with Crippen LogP contribution < -0.4 is 10.5 Å². The summed E-state index contributed by atoms with van der Waals surface area (Å²) < 4.78 is 27.3. The average molecular weight is 345 g/mol. The van der Waals surface area contributed by atoms with Crippen molar-refractivity contribution in [3.8, 4) is 0 Å². The molecule has 0 aromatic heterocycles. The highest BCUT2D eigenvalue weighted by molar-refractivity contribution is 7.89. The van der Waals surface area contributed by atoms with E-state index in [9.17, 15) is 8.42 Å². The number of halogens is 2. The highest BCUT2D eigenvalue weighted by Crippen LogP contribution is 2.26. The Morgan fingerprint density at radius 3 is 2.43 bits per heavy atom. The van der Waals surface area contributed by atoms with Crippen LogP contribution in [0.15, 0.2) is 47.4 Å². The van der Waals surface area contributed by atoms with Crippen molar-refractivity contribution in [1.29, 1.82) is 0 Å². The molecule has 3 N–H and O–H groups in total. The summed E-state index contributed by atoms with van der Waals surface area (Å²) in [5.41, 5.74) is 6.51. The maximum atomic E-state index is 12.4. The van der Waals surface area contributed by atoms with Crippen LogP contribution in [0.5, 0.6) is 0 Å². The van der Waals surface area contributed by atoms with Gasteiger partial charge in [0.1, 0.15) is 4.90 Å². The van der Waals surface area contributed by atoms with Gasteiger partial charge in [-0.1, -0.05) is 41.4 Å². The summed E-state index contributed by atoms with van der Waals surface area (Å²) in [6.45, 7) is 1.71. The van der Waals surface area contributed by atoms with Crippen molar-refractivity contribution < 1.29 is 8.42 Å². The predicted octanol–water partition coefficient (Wildman–Crippen LogP) is 3.62. The first-order valence-electron chi connectivity index (χ1n) is 6.13. The van der Waals surface area contributed by atoms with E-state index in [2.05, 4.69) is 4.72 Å². The molecule has 0 spiro atoms. The lowest BCUT2D eigenvalue weighted by Crippen LogP contribution is -2.27. The molecule has 0 saturated carbocycles. The van der Waals surface area contributed by atoms with Crippen molar-refractivity contribution in [1.82, 2.24) is 4.72 Å². The Morgan fingerprint density at radius 1 is 1.14 bits per heavy atom. The van der Waals surface area contributed by atoms with Gasteiger partial charge in [0.2, 0.25) is 10.0 Å². The van der Waals surface area contributed by atoms with E-state index in [0.29, 0.717) is 15.6 Å². The smallest absolute Gasteiger partial charge is 0.243 e. The van der Waals surface area contributed by atoms with Crippen LogP contribution in [-0.4, -0.2) is 8.42 Å². The monoisotopic (exact) mass is 344 g/mol. The maximum Gasteiger partial charge on any atom is 0.243 e. The summed E-state index contributed by atoms with van der Waals surface area (Å²) in [4.78, 5) is -0.00852. The Morgan fingerprint density at radius 2 is 1.81 bits per heavy atom. The van der Waals surface area contributed by atoms with Crippen LogP contribution >= 0.6 is 23.2 Å². The van der Waals surface area contributed by atoms with Crippen LogP contribution in [0.4, 0.5) is 5.69 Å². The zero-order valence-electron chi connectivity index (χ0n) is 11.2. The maximum absolute atomic E-state index is 12.4. The van der Waals surface area contributed by atoms with E-state index in [1.165, 1.54) is 18.2 Å². The van der Waals surface area contributed by atoms with E-state index in [-0.39, 0.29) is 10.6 Å². The highest BCUT2D eigenvalue weighted by atomic mass is 35.5. The largest absolute Gasteiger partial charge is 0.398 e. The highest BCUT2D eigenvalue weighted by Gasteiger charge is 2.21. The second-order valence-corrected chi connectivity index (χ2v) is 7.07. The van der Waals surface area contributed by atoms with Crippen molar-refractivity contribution in [2.24, 2.45) is 0 Å². The van der Waals surface area contributed by atoms with E-state index in [1.807, 2.05) is 0 Å². The molecule has 0 bridgehead atoms. The van der Waals surface area contributed by atoms with Crippen LogP contribution in [0.1, 0.15) is 18.5 Å². The predicted molar refractivity (Wildman–Crippen MR) is 86.1 cm³/mol. The third-order valence-electron chi connectivity index (χ3n) is 2.97. The van der Waals surface area contributed by atoms with Crippen molar-refractivity contribution >= 4 is 38.9 Å². The zero-order valence-corrected chi connectivity index (χ0v) is 13.5. The molecule has 0 heterocycles. The normalized spacial score (nSPS) is 13.1. The number of hydrogen-bond acceptors (Lipinski definition) is 3. The Labute approximate surface area is 133 Å². The van der Waals surface area contributed by atoms with E-state index >= 15 is 0 Å². The van der Waals surface area contributed by atoms with Crippen LogP contribution in [0.25, 0.3) is 0 Å². The molecule has 0 aliphatic carbocycles. The van der Waals surface area contributed by atoms with Crippen LogP contribution in [-0.2, 0) is 10.0 Å². The second kappa shape index (κ2) is 6.23. The van der Waals surface area contributed by atoms with Crippen molar-refractivity contribution in [3.05, 3.63) is 58.1 Å². The van der Waals surface area contributed by atoms with E-state index in [1.54, 1.807) is 31.2 Å². The standard InChI is InChI=1S/C14H14Cl2N2O2S/c1-9(11-4-2-3-5-12(11)16)18-21(19,20)14-7-6-10(15)8-13(14)17/h2-9,18H,17H2,1H3. The molecule has 0 aliphatic rings. The first-order chi connectivity index (χ1) is 9.81. The van der Waals surface area contributed by atoms with Crippen LogP contribution in [0.2, 0.25) is 10.0 Å². The average Bonchev–Trinajstić information content (AvgIpc) is 2.37. The molecule has 0 radical (unpaired) electrons. The molecule has 2 aromatic carbocycles. The molecule has 0 aliphatic heterocycles. The molecular formula is C14H14Cl2N2O2S. The van der Waals surface area contributed by atoms with Crippen LogP contribution in [0.3, 0.4) is 0 Å². The Bertz CT molecular complexity index is 763. The van der Waals surface area contributed by atoms with Crippen molar-refractivity contribution in [2.75, 3.05) is 5.73 Å². The summed E-state index contributed by atoms with van der Waals surface area (Å²) in [6.07, 6.45) is 0. The van der Waals surface area contributed by atoms with E-state index < -0.39 is 16.1 Å². The summed E-state index contributed by atoms with van der Waals surface area (Å²) in [5.74, 6) is 0. The van der Waals surface area contributed by atoms with Gasteiger partial charge in [0.05, 0.1) is 5.69 Å². The molecule has 1 unspecified atom stereocenters. The SMILES string of the molecule is CC(NS(=O)(=O)c1ccc(Cl)cc1N)c1ccccc1Cl. The molecule has 2 aromatic rings. The van der Waals surface area contributed by atoms with Gasteiger partial charge in [-0.15, -0.1) is 0 Å². The fourth-order valence-electron chi connectivity index (χ4n) is 1.95. The Kier molecular flexibility index (Phi) is 4.78. The number of rotatable bonds is 4. The lowest BCUT2D eigenvalue weighted by atomic mass is 10.1. The van der Waals surface area contributed by atoms with E-state index in [4.69, 9.17) is 28.9 Å². The molecule has 21 heavy (non-hydrogen) atoms. The topological polar surface area (TPSA) is 72.2 Å². The minimum atomic E-state index is -3.76. The van der Waals surface area contributed by atoms with Gasteiger partial charge >= 0.3 is 0 Å². The molecule has 112 valence electrons. The first kappa shape index (κ1) is 16.1. The van der Waals surface area contributed by atoms with Gasteiger partial charge in [-0.3, -0.25) is 0 Å². The summed E-state index contributed by atoms with van der Waals surface area (Å²) in [7, 11) is -3.76. The van der Waals surface area contributed by atoms with Gasteiger partial charge < -0.3 is 5.73 Å². The number of sulfonamides is 1. The molecule has 0 fully saturated rings. The number of hydrogen-bond donors (Lipinski definition) is 2. The minimum absolute atomic E-state index is 0.00852. The summed E-state index contributed by atoms with van der Waals surface area (Å²) in [5, 5.41) is 0.877. The first-order valence-corrected chi connectivity index (χ1v) is 8.37. The van der Waals surface area contributed by atoms with Crippen LogP contribution in [0, 0.1) is 0 Å². The number of nitrogens with one attached hydrogen (secondary N) is 1. The van der Waals surface area contributed by atoms with Gasteiger partial charge in [-0.25, -0.2) is 13.1 Å². The Balaban J connectivity index is 2.31. The molecule has 4 nitrogen and oxygen atoms in total. The quantitative estimate of drug-likeness (QED) is 0.832. The third kappa shape index (κ3) is 3.68. The van der Waals surface area contributed by atoms with Gasteiger partial charge in [0, 0.05) is 16.1 Å². The third-order valence-corrected chi connectivity index (χ3v) is 5.16. The molecular weight excluding hydrogens is 331 g/mol. The Hall–Kier alpha value is -1.27. The number of nitrogens with two attached hydrogens (primary N) is 1. The lowest BCUT2D eigenvalue weighted by Gasteiger charge is -2.16. The number of benzene rings is 2. The number of anilines is 1. The zero-order chi connectivity index (χ0) is 15.6. The molecule has 2 rings (SSSR count). The van der Waals surface area contributed by atoms with Crippen molar-refractivity contribution in [2.45, 2.75) is 17.9 Å². The summed E-state index contributed by atoms with van der Waals surface area (Å²) in [6, 6.07) is 10.8. The van der Waals surface area contributed by atoms with Crippen molar-refractivity contribution in [3.63, 3.8) is 0 Å². The molecule has 0 saturated heterocycles. The van der Waals surface area contributed by atoms with Gasteiger partial charge in [-0.2, -0.15) is 0 Å². The molecule has 7 heteroatoms. The molecule has 0 amide bonds. The van der Waals surface area contributed by atoms with Gasteiger partial charge in [-0.05, 0) is 36.8 Å². The van der Waals surface area contributed by atoms with Gasteiger partial charge in [0.25, 0.3) is 0 Å². The summed E-state index contributed by atoms with van der Waals surface area (Å²) >= 11 is 11.8. The van der Waals surface area contributed by atoms with Gasteiger partial charge in [0.15, 0.2) is 0 Å². The fourth-order valence-corrected chi connectivity index (χ4v) is 3.77. The lowest BCUT2D eigenvalue weighted by molar-refractivity contribution is 0.567. The van der Waals surface area contributed by atoms with E-state index in [0.717, 1.165) is 0 Å².